The second-order valence-electron chi connectivity index (χ2n) is 6.11. The number of amides is 1. The maximum atomic E-state index is 12.2. The lowest BCUT2D eigenvalue weighted by molar-refractivity contribution is -0.116. The zero-order chi connectivity index (χ0) is 16.4. The Labute approximate surface area is 140 Å². The highest BCUT2D eigenvalue weighted by molar-refractivity contribution is 5.93. The Morgan fingerprint density at radius 3 is 2.71 bits per heavy atom. The number of carbonyl (C=O) groups is 1. The molecule has 1 aromatic carbocycles. The van der Waals surface area contributed by atoms with Crippen LogP contribution in [0.25, 0.3) is 0 Å². The van der Waals surface area contributed by atoms with Gasteiger partial charge in [0.15, 0.2) is 0 Å². The maximum absolute atomic E-state index is 12.2. The number of nitrogens with one attached hydrogen (secondary N) is 1. The summed E-state index contributed by atoms with van der Waals surface area (Å²) in [7, 11) is 0. The van der Waals surface area contributed by atoms with Crippen LogP contribution in [0.15, 0.2) is 61.1 Å². The van der Waals surface area contributed by atoms with E-state index in [0.29, 0.717) is 13.0 Å². The van der Waals surface area contributed by atoms with Gasteiger partial charge in [0, 0.05) is 30.3 Å². The fourth-order valence-corrected chi connectivity index (χ4v) is 3.22. The molecular weight excluding hydrogens is 300 g/mol. The molecule has 3 heterocycles. The number of benzene rings is 1. The number of aromatic nitrogens is 3. The molecule has 0 fully saturated rings. The molecule has 3 aromatic rings. The standard InChI is InChI=1S/C19H18N4O/c24-18-10-16(9-14-5-2-1-3-6-14)17-12-21-23(19(17)22-18)13-15-7-4-8-20-11-15/h1-8,11-12,16H,9-10,13H2,(H,22,24)/t16-/m1/s1. The van der Waals surface area contributed by atoms with Crippen molar-refractivity contribution in [2.45, 2.75) is 25.3 Å². The lowest BCUT2D eigenvalue weighted by Crippen LogP contribution is -2.25. The van der Waals surface area contributed by atoms with Crippen LogP contribution in [0.4, 0.5) is 5.82 Å². The first-order chi connectivity index (χ1) is 11.8. The van der Waals surface area contributed by atoms with Crippen molar-refractivity contribution in [3.05, 3.63) is 77.7 Å². The molecule has 2 aromatic heterocycles. The Morgan fingerprint density at radius 2 is 1.92 bits per heavy atom. The number of hydrogen-bond donors (Lipinski definition) is 1. The highest BCUT2D eigenvalue weighted by Crippen LogP contribution is 2.34. The minimum Gasteiger partial charge on any atom is -0.311 e. The molecule has 1 amide bonds. The van der Waals surface area contributed by atoms with Crippen LogP contribution in [0, 0.1) is 0 Å². The van der Waals surface area contributed by atoms with Gasteiger partial charge in [-0.1, -0.05) is 36.4 Å². The third-order valence-electron chi connectivity index (χ3n) is 4.38. The first-order valence-corrected chi connectivity index (χ1v) is 8.08. The molecule has 0 spiro atoms. The van der Waals surface area contributed by atoms with Crippen molar-refractivity contribution in [3.8, 4) is 0 Å². The molecule has 1 aliphatic rings. The minimum atomic E-state index is 0.0522. The molecule has 0 unspecified atom stereocenters. The van der Waals surface area contributed by atoms with Gasteiger partial charge in [0.2, 0.25) is 5.91 Å². The molecule has 1 aliphatic heterocycles. The normalized spacial score (nSPS) is 16.5. The summed E-state index contributed by atoms with van der Waals surface area (Å²) < 4.78 is 1.85. The number of carbonyl (C=O) groups excluding carboxylic acids is 1. The summed E-state index contributed by atoms with van der Waals surface area (Å²) in [5, 5.41) is 7.48. The molecule has 0 bridgehead atoms. The van der Waals surface area contributed by atoms with Crippen LogP contribution in [0.1, 0.15) is 29.0 Å². The second-order valence-corrected chi connectivity index (χ2v) is 6.11. The quantitative estimate of drug-likeness (QED) is 0.804. The van der Waals surface area contributed by atoms with Gasteiger partial charge in [0.25, 0.3) is 0 Å². The second kappa shape index (κ2) is 6.28. The van der Waals surface area contributed by atoms with E-state index >= 15 is 0 Å². The van der Waals surface area contributed by atoms with Crippen LogP contribution in [0.2, 0.25) is 0 Å². The van der Waals surface area contributed by atoms with Gasteiger partial charge in [-0.15, -0.1) is 0 Å². The molecule has 5 nitrogen and oxygen atoms in total. The zero-order valence-corrected chi connectivity index (χ0v) is 13.2. The van der Waals surface area contributed by atoms with Crippen LogP contribution >= 0.6 is 0 Å². The lowest BCUT2D eigenvalue weighted by atomic mass is 9.88. The predicted molar refractivity (Wildman–Crippen MR) is 91.7 cm³/mol. The van der Waals surface area contributed by atoms with E-state index in [1.54, 1.807) is 6.20 Å². The van der Waals surface area contributed by atoms with Crippen LogP contribution in [-0.4, -0.2) is 20.7 Å². The van der Waals surface area contributed by atoms with Crippen molar-refractivity contribution < 1.29 is 4.79 Å². The Morgan fingerprint density at radius 1 is 1.08 bits per heavy atom. The fourth-order valence-electron chi connectivity index (χ4n) is 3.22. The summed E-state index contributed by atoms with van der Waals surface area (Å²) >= 11 is 0. The third kappa shape index (κ3) is 2.93. The molecule has 0 aliphatic carbocycles. The molecule has 1 atom stereocenters. The summed E-state index contributed by atoms with van der Waals surface area (Å²) in [6.45, 7) is 0.599. The largest absolute Gasteiger partial charge is 0.311 e. The number of nitrogens with zero attached hydrogens (tertiary/aromatic N) is 3. The van der Waals surface area contributed by atoms with Crippen LogP contribution in [-0.2, 0) is 17.8 Å². The summed E-state index contributed by atoms with van der Waals surface area (Å²) in [4.78, 5) is 16.3. The van der Waals surface area contributed by atoms with E-state index in [0.717, 1.165) is 23.4 Å². The van der Waals surface area contributed by atoms with E-state index < -0.39 is 0 Å². The number of anilines is 1. The van der Waals surface area contributed by atoms with E-state index in [9.17, 15) is 4.79 Å². The number of hydrogen-bond acceptors (Lipinski definition) is 3. The monoisotopic (exact) mass is 318 g/mol. The molecule has 120 valence electrons. The van der Waals surface area contributed by atoms with Gasteiger partial charge in [-0.3, -0.25) is 9.78 Å². The van der Waals surface area contributed by atoms with Gasteiger partial charge in [-0.05, 0) is 23.6 Å². The first-order valence-electron chi connectivity index (χ1n) is 8.08. The summed E-state index contributed by atoms with van der Waals surface area (Å²) in [5.41, 5.74) is 3.41. The van der Waals surface area contributed by atoms with Crippen LogP contribution in [0.5, 0.6) is 0 Å². The number of pyridine rings is 1. The number of fused-ring (bicyclic) bond motifs is 1. The average molecular weight is 318 g/mol. The van der Waals surface area contributed by atoms with E-state index in [-0.39, 0.29) is 11.8 Å². The Kier molecular flexibility index (Phi) is 3.83. The SMILES string of the molecule is O=C1C[C@@H](Cc2ccccc2)c2cnn(Cc3cccnc3)c2N1. The third-order valence-corrected chi connectivity index (χ3v) is 4.38. The van der Waals surface area contributed by atoms with Gasteiger partial charge >= 0.3 is 0 Å². The molecule has 0 saturated heterocycles. The number of rotatable bonds is 4. The highest BCUT2D eigenvalue weighted by atomic mass is 16.1. The predicted octanol–water partition coefficient (Wildman–Crippen LogP) is 2.99. The Bertz CT molecular complexity index is 842. The van der Waals surface area contributed by atoms with E-state index in [2.05, 4.69) is 27.5 Å². The Hall–Kier alpha value is -2.95. The molecule has 4 rings (SSSR count). The van der Waals surface area contributed by atoms with Crippen LogP contribution < -0.4 is 5.32 Å². The van der Waals surface area contributed by atoms with Crippen LogP contribution in [0.3, 0.4) is 0 Å². The van der Waals surface area contributed by atoms with E-state index in [1.165, 1.54) is 5.56 Å². The van der Waals surface area contributed by atoms with Crippen molar-refractivity contribution in [3.63, 3.8) is 0 Å². The van der Waals surface area contributed by atoms with Crippen molar-refractivity contribution in [1.82, 2.24) is 14.8 Å². The highest BCUT2D eigenvalue weighted by Gasteiger charge is 2.28. The van der Waals surface area contributed by atoms with E-state index in [1.807, 2.05) is 47.4 Å². The Balaban J connectivity index is 1.62. The van der Waals surface area contributed by atoms with Gasteiger partial charge in [-0.2, -0.15) is 5.10 Å². The topological polar surface area (TPSA) is 59.8 Å². The van der Waals surface area contributed by atoms with Gasteiger partial charge in [0.1, 0.15) is 5.82 Å². The maximum Gasteiger partial charge on any atom is 0.226 e. The molecule has 24 heavy (non-hydrogen) atoms. The lowest BCUT2D eigenvalue weighted by Gasteiger charge is -2.23. The summed E-state index contributed by atoms with van der Waals surface area (Å²) in [6, 6.07) is 14.2. The molecule has 1 N–H and O–H groups in total. The van der Waals surface area contributed by atoms with Crippen molar-refractivity contribution >= 4 is 11.7 Å². The fraction of sp³-hybridized carbons (Fsp3) is 0.211. The summed E-state index contributed by atoms with van der Waals surface area (Å²) in [6.07, 6.45) is 6.80. The van der Waals surface area contributed by atoms with E-state index in [4.69, 9.17) is 0 Å². The molecule has 0 radical (unpaired) electrons. The van der Waals surface area contributed by atoms with Crippen molar-refractivity contribution in [1.29, 1.82) is 0 Å². The molecular formula is C19H18N4O. The zero-order valence-electron chi connectivity index (χ0n) is 13.2. The van der Waals surface area contributed by atoms with Gasteiger partial charge in [0.05, 0.1) is 12.7 Å². The van der Waals surface area contributed by atoms with Crippen molar-refractivity contribution in [2.75, 3.05) is 5.32 Å². The van der Waals surface area contributed by atoms with Gasteiger partial charge in [-0.25, -0.2) is 4.68 Å². The van der Waals surface area contributed by atoms with Crippen molar-refractivity contribution in [2.24, 2.45) is 0 Å². The smallest absolute Gasteiger partial charge is 0.226 e. The molecule has 5 heteroatoms. The summed E-state index contributed by atoms with van der Waals surface area (Å²) in [5.74, 6) is 1.03. The van der Waals surface area contributed by atoms with Gasteiger partial charge < -0.3 is 5.32 Å². The first kappa shape index (κ1) is 14.6. The molecule has 0 saturated carbocycles. The average Bonchev–Trinajstić information content (AvgIpc) is 3.00. The minimum absolute atomic E-state index is 0.0522.